The topological polar surface area (TPSA) is 75.7 Å². The van der Waals surface area contributed by atoms with Crippen LogP contribution in [0.15, 0.2) is 24.3 Å². The van der Waals surface area contributed by atoms with Crippen molar-refractivity contribution in [2.75, 3.05) is 11.9 Å². The van der Waals surface area contributed by atoms with Crippen LogP contribution in [0.5, 0.6) is 5.75 Å². The van der Waals surface area contributed by atoms with Crippen molar-refractivity contribution < 1.29 is 32.3 Å². The summed E-state index contributed by atoms with van der Waals surface area (Å²) in [7, 11) is 0. The normalized spacial score (nSPS) is 23.0. The summed E-state index contributed by atoms with van der Waals surface area (Å²) in [4.78, 5) is 37.8. The van der Waals surface area contributed by atoms with Gasteiger partial charge in [0.1, 0.15) is 6.54 Å². The zero-order valence-electron chi connectivity index (χ0n) is 13.7. The lowest BCUT2D eigenvalue weighted by Crippen LogP contribution is -2.38. The second-order valence-electron chi connectivity index (χ2n) is 6.35. The number of hydrogen-bond acceptors (Lipinski definition) is 4. The van der Waals surface area contributed by atoms with Crippen LogP contribution in [0.4, 0.5) is 18.9 Å². The number of anilines is 1. The Morgan fingerprint density at radius 3 is 2.27 bits per heavy atom. The van der Waals surface area contributed by atoms with Crippen molar-refractivity contribution in [1.29, 1.82) is 0 Å². The van der Waals surface area contributed by atoms with Crippen LogP contribution in [-0.2, 0) is 14.4 Å². The molecular formula is C17H17F3N2O4. The molecule has 1 aromatic carbocycles. The lowest BCUT2D eigenvalue weighted by atomic mass is 9.81. The van der Waals surface area contributed by atoms with Gasteiger partial charge in [-0.15, -0.1) is 13.2 Å². The average molecular weight is 370 g/mol. The Hall–Kier alpha value is -2.58. The third-order valence-corrected chi connectivity index (χ3v) is 4.62. The fourth-order valence-electron chi connectivity index (χ4n) is 3.50. The van der Waals surface area contributed by atoms with Gasteiger partial charge in [0.25, 0.3) is 0 Å². The van der Waals surface area contributed by atoms with E-state index in [0.29, 0.717) is 12.8 Å². The maximum atomic E-state index is 12.4. The first-order chi connectivity index (χ1) is 12.3. The average Bonchev–Trinajstić information content (AvgIpc) is 2.81. The van der Waals surface area contributed by atoms with Crippen molar-refractivity contribution in [1.82, 2.24) is 4.90 Å². The van der Waals surface area contributed by atoms with Crippen LogP contribution in [0.25, 0.3) is 0 Å². The first-order valence-corrected chi connectivity index (χ1v) is 8.26. The molecule has 1 N–H and O–H groups in total. The van der Waals surface area contributed by atoms with E-state index in [0.717, 1.165) is 23.8 Å². The monoisotopic (exact) mass is 370 g/mol. The number of nitrogens with zero attached hydrogens (tertiary/aromatic N) is 1. The molecule has 2 fully saturated rings. The number of benzene rings is 1. The number of fused-ring (bicyclic) bond motifs is 1. The van der Waals surface area contributed by atoms with Gasteiger partial charge in [-0.05, 0) is 25.0 Å². The predicted octanol–water partition coefficient (Wildman–Crippen LogP) is 2.70. The SMILES string of the molecule is O=C(CN1C(=O)C2CCCCC2C1=O)Nc1ccccc1OC(F)(F)F. The molecule has 26 heavy (non-hydrogen) atoms. The van der Waals surface area contributed by atoms with Gasteiger partial charge in [-0.3, -0.25) is 19.3 Å². The van der Waals surface area contributed by atoms with Gasteiger partial charge >= 0.3 is 6.36 Å². The summed E-state index contributed by atoms with van der Waals surface area (Å²) in [6.45, 7) is -0.523. The van der Waals surface area contributed by atoms with Gasteiger partial charge in [0.15, 0.2) is 5.75 Å². The number of ether oxygens (including phenoxy) is 1. The number of hydrogen-bond donors (Lipinski definition) is 1. The minimum atomic E-state index is -4.91. The summed E-state index contributed by atoms with van der Waals surface area (Å²) in [6.07, 6.45) is -1.94. The molecule has 1 heterocycles. The van der Waals surface area contributed by atoms with Gasteiger partial charge in [-0.1, -0.05) is 25.0 Å². The minimum absolute atomic E-state index is 0.189. The highest BCUT2D eigenvalue weighted by atomic mass is 19.4. The maximum Gasteiger partial charge on any atom is 0.573 e. The highest BCUT2D eigenvalue weighted by molar-refractivity contribution is 6.08. The molecule has 1 saturated carbocycles. The van der Waals surface area contributed by atoms with Crippen molar-refractivity contribution >= 4 is 23.4 Å². The number of amides is 3. The Bertz CT molecular complexity index is 711. The fraction of sp³-hybridized carbons (Fsp3) is 0.471. The van der Waals surface area contributed by atoms with Gasteiger partial charge in [0, 0.05) is 0 Å². The summed E-state index contributed by atoms with van der Waals surface area (Å²) >= 11 is 0. The van der Waals surface area contributed by atoms with E-state index in [2.05, 4.69) is 10.1 Å². The zero-order valence-corrected chi connectivity index (χ0v) is 13.7. The third kappa shape index (κ3) is 3.81. The molecule has 9 heteroatoms. The minimum Gasteiger partial charge on any atom is -0.404 e. The highest BCUT2D eigenvalue weighted by Crippen LogP contribution is 2.38. The summed E-state index contributed by atoms with van der Waals surface area (Å²) in [5.41, 5.74) is -0.189. The van der Waals surface area contributed by atoms with Crippen molar-refractivity contribution in [2.24, 2.45) is 11.8 Å². The highest BCUT2D eigenvalue weighted by Gasteiger charge is 2.48. The molecule has 2 atom stereocenters. The quantitative estimate of drug-likeness (QED) is 0.827. The Balaban J connectivity index is 1.68. The van der Waals surface area contributed by atoms with Crippen LogP contribution < -0.4 is 10.1 Å². The van der Waals surface area contributed by atoms with Crippen LogP contribution in [0.3, 0.4) is 0 Å². The van der Waals surface area contributed by atoms with Crippen molar-refractivity contribution in [3.8, 4) is 5.75 Å². The first kappa shape index (κ1) is 18.2. The number of rotatable bonds is 4. The van der Waals surface area contributed by atoms with Gasteiger partial charge in [0.2, 0.25) is 17.7 Å². The lowest BCUT2D eigenvalue weighted by Gasteiger charge is -2.19. The summed E-state index contributed by atoms with van der Waals surface area (Å²) < 4.78 is 41.1. The molecule has 0 radical (unpaired) electrons. The van der Waals surface area contributed by atoms with E-state index in [4.69, 9.17) is 0 Å². The second kappa shape index (κ2) is 6.97. The molecule has 3 amide bonds. The van der Waals surface area contributed by atoms with E-state index < -0.39 is 24.6 Å². The first-order valence-electron chi connectivity index (χ1n) is 8.26. The predicted molar refractivity (Wildman–Crippen MR) is 83.9 cm³/mol. The molecule has 0 bridgehead atoms. The smallest absolute Gasteiger partial charge is 0.404 e. The van der Waals surface area contributed by atoms with E-state index in [1.807, 2.05) is 0 Å². The third-order valence-electron chi connectivity index (χ3n) is 4.62. The van der Waals surface area contributed by atoms with Gasteiger partial charge < -0.3 is 10.1 Å². The Morgan fingerprint density at radius 1 is 1.12 bits per heavy atom. The number of carbonyl (C=O) groups excluding carboxylic acids is 3. The van der Waals surface area contributed by atoms with Crippen LogP contribution in [0.1, 0.15) is 25.7 Å². The second-order valence-corrected chi connectivity index (χ2v) is 6.35. The van der Waals surface area contributed by atoms with E-state index in [-0.39, 0.29) is 29.3 Å². The Morgan fingerprint density at radius 2 is 1.69 bits per heavy atom. The van der Waals surface area contributed by atoms with Crippen LogP contribution in [-0.4, -0.2) is 35.5 Å². The number of carbonyl (C=O) groups is 3. The van der Waals surface area contributed by atoms with Crippen LogP contribution >= 0.6 is 0 Å². The number of halogens is 3. The summed E-state index contributed by atoms with van der Waals surface area (Å²) in [5, 5.41) is 2.27. The Kier molecular flexibility index (Phi) is 4.88. The number of alkyl halides is 3. The lowest BCUT2D eigenvalue weighted by molar-refractivity contribution is -0.274. The maximum absolute atomic E-state index is 12.4. The summed E-state index contributed by atoms with van der Waals surface area (Å²) in [5.74, 6) is -2.86. The van der Waals surface area contributed by atoms with Gasteiger partial charge in [0.05, 0.1) is 17.5 Å². The molecule has 0 spiro atoms. The molecule has 2 unspecified atom stereocenters. The largest absolute Gasteiger partial charge is 0.573 e. The fourth-order valence-corrected chi connectivity index (χ4v) is 3.50. The number of imide groups is 1. The standard InChI is InChI=1S/C17H17F3N2O4/c18-17(19,20)26-13-8-4-3-7-12(13)21-14(23)9-22-15(24)10-5-1-2-6-11(10)16(22)25/h3-4,7-8,10-11H,1-2,5-6,9H2,(H,21,23). The molecule has 6 nitrogen and oxygen atoms in total. The van der Waals surface area contributed by atoms with E-state index in [1.165, 1.54) is 18.2 Å². The number of para-hydroxylation sites is 2. The molecule has 3 rings (SSSR count). The molecule has 0 aromatic heterocycles. The Labute approximate surface area is 147 Å². The van der Waals surface area contributed by atoms with Crippen LogP contribution in [0, 0.1) is 11.8 Å². The van der Waals surface area contributed by atoms with E-state index >= 15 is 0 Å². The molecule has 1 aliphatic carbocycles. The van der Waals surface area contributed by atoms with Crippen molar-refractivity contribution in [2.45, 2.75) is 32.0 Å². The molecule has 2 aliphatic rings. The van der Waals surface area contributed by atoms with E-state index in [9.17, 15) is 27.6 Å². The molecule has 1 saturated heterocycles. The van der Waals surface area contributed by atoms with Gasteiger partial charge in [-0.2, -0.15) is 0 Å². The number of likely N-dealkylation sites (tertiary alicyclic amines) is 1. The molecule has 1 aromatic rings. The molecule has 1 aliphatic heterocycles. The number of nitrogens with one attached hydrogen (secondary N) is 1. The van der Waals surface area contributed by atoms with Crippen LogP contribution in [0.2, 0.25) is 0 Å². The molecular weight excluding hydrogens is 353 g/mol. The van der Waals surface area contributed by atoms with Crippen molar-refractivity contribution in [3.05, 3.63) is 24.3 Å². The van der Waals surface area contributed by atoms with Gasteiger partial charge in [-0.25, -0.2) is 0 Å². The van der Waals surface area contributed by atoms with E-state index in [1.54, 1.807) is 0 Å². The summed E-state index contributed by atoms with van der Waals surface area (Å²) in [6, 6.07) is 5.06. The zero-order chi connectivity index (χ0) is 18.9. The molecule has 140 valence electrons. The van der Waals surface area contributed by atoms with Crippen molar-refractivity contribution in [3.63, 3.8) is 0 Å².